The van der Waals surface area contributed by atoms with Gasteiger partial charge >= 0.3 is 5.97 Å². The highest BCUT2D eigenvalue weighted by molar-refractivity contribution is 5.75. The lowest BCUT2D eigenvalue weighted by atomic mass is 9.77. The van der Waals surface area contributed by atoms with Gasteiger partial charge in [0, 0.05) is 0 Å². The molecule has 2 unspecified atom stereocenters. The van der Waals surface area contributed by atoms with Crippen molar-refractivity contribution in [1.29, 1.82) is 0 Å². The number of aliphatic hydroxyl groups is 1. The molecule has 1 saturated carbocycles. The molecule has 1 aliphatic rings. The fourth-order valence-corrected chi connectivity index (χ4v) is 2.35. The van der Waals surface area contributed by atoms with E-state index in [4.69, 9.17) is 4.74 Å². The van der Waals surface area contributed by atoms with Crippen molar-refractivity contribution in [1.82, 2.24) is 0 Å². The summed E-state index contributed by atoms with van der Waals surface area (Å²) < 4.78 is 5.62. The predicted molar refractivity (Wildman–Crippen MR) is 72.2 cm³/mol. The number of ether oxygens (including phenoxy) is 1. The smallest absolute Gasteiger partial charge is 0.311 e. The van der Waals surface area contributed by atoms with Crippen LogP contribution in [0.15, 0.2) is 0 Å². The van der Waals surface area contributed by atoms with Crippen LogP contribution in [-0.2, 0) is 9.53 Å². The molecular formula is C15H28O3. The van der Waals surface area contributed by atoms with Crippen molar-refractivity contribution >= 4 is 5.97 Å². The van der Waals surface area contributed by atoms with E-state index in [0.29, 0.717) is 0 Å². The fraction of sp³-hybridized carbons (Fsp3) is 0.933. The van der Waals surface area contributed by atoms with Gasteiger partial charge in [-0.1, -0.05) is 6.92 Å². The highest BCUT2D eigenvalue weighted by Gasteiger charge is 2.36. The highest BCUT2D eigenvalue weighted by atomic mass is 16.5. The van der Waals surface area contributed by atoms with Gasteiger partial charge in [0.2, 0.25) is 0 Å². The van der Waals surface area contributed by atoms with Gasteiger partial charge in [-0.15, -0.1) is 0 Å². The molecule has 2 atom stereocenters. The first kappa shape index (κ1) is 15.5. The lowest BCUT2D eigenvalue weighted by Crippen LogP contribution is -2.39. The molecule has 0 spiro atoms. The maximum absolute atomic E-state index is 12.0. The van der Waals surface area contributed by atoms with Crippen LogP contribution in [0, 0.1) is 11.3 Å². The van der Waals surface area contributed by atoms with Crippen molar-refractivity contribution in [2.24, 2.45) is 11.3 Å². The highest BCUT2D eigenvalue weighted by Crippen LogP contribution is 2.35. The van der Waals surface area contributed by atoms with Gasteiger partial charge in [-0.2, -0.15) is 0 Å². The Morgan fingerprint density at radius 1 is 1.28 bits per heavy atom. The van der Waals surface area contributed by atoms with E-state index in [1.54, 1.807) is 0 Å². The van der Waals surface area contributed by atoms with Gasteiger partial charge in [0.15, 0.2) is 0 Å². The third-order valence-corrected chi connectivity index (χ3v) is 4.34. The molecule has 0 radical (unpaired) electrons. The van der Waals surface area contributed by atoms with Crippen molar-refractivity contribution in [3.05, 3.63) is 0 Å². The molecule has 0 saturated heterocycles. The summed E-state index contributed by atoms with van der Waals surface area (Å²) in [5.74, 6) is 0.125. The molecule has 0 aromatic carbocycles. The monoisotopic (exact) mass is 256 g/mol. The topological polar surface area (TPSA) is 46.5 Å². The summed E-state index contributed by atoms with van der Waals surface area (Å²) in [7, 11) is 0. The molecule has 1 rings (SSSR count). The molecule has 18 heavy (non-hydrogen) atoms. The lowest BCUT2D eigenvalue weighted by molar-refractivity contribution is -0.164. The average molecular weight is 256 g/mol. The first-order valence-corrected chi connectivity index (χ1v) is 7.10. The van der Waals surface area contributed by atoms with E-state index in [0.717, 1.165) is 32.1 Å². The summed E-state index contributed by atoms with van der Waals surface area (Å²) in [6.45, 7) is 9.54. The minimum atomic E-state index is -0.675. The van der Waals surface area contributed by atoms with Crippen LogP contribution in [0.2, 0.25) is 0 Å². The third-order valence-electron chi connectivity index (χ3n) is 4.34. The zero-order valence-corrected chi connectivity index (χ0v) is 12.5. The molecule has 1 aliphatic carbocycles. The van der Waals surface area contributed by atoms with Gasteiger partial charge in [0.1, 0.15) is 6.10 Å². The molecule has 0 aliphatic heterocycles. The Balaban J connectivity index is 2.56. The van der Waals surface area contributed by atoms with Crippen molar-refractivity contribution in [2.45, 2.75) is 78.4 Å². The Labute approximate surface area is 111 Å². The first-order chi connectivity index (χ1) is 8.16. The molecule has 3 nitrogen and oxygen atoms in total. The van der Waals surface area contributed by atoms with Gasteiger partial charge in [-0.25, -0.2) is 0 Å². The Kier molecular flexibility index (Phi) is 4.82. The van der Waals surface area contributed by atoms with Gasteiger partial charge in [-0.05, 0) is 65.7 Å². The van der Waals surface area contributed by atoms with Gasteiger partial charge in [-0.3, -0.25) is 4.79 Å². The molecule has 1 N–H and O–H groups in total. The van der Waals surface area contributed by atoms with Crippen LogP contribution < -0.4 is 0 Å². The van der Waals surface area contributed by atoms with Crippen LogP contribution in [0.1, 0.15) is 66.7 Å². The lowest BCUT2D eigenvalue weighted by Gasteiger charge is -2.37. The van der Waals surface area contributed by atoms with Crippen LogP contribution >= 0.6 is 0 Å². The third kappa shape index (κ3) is 3.98. The second-order valence-corrected chi connectivity index (χ2v) is 6.78. The molecule has 106 valence electrons. The quantitative estimate of drug-likeness (QED) is 0.785. The van der Waals surface area contributed by atoms with Crippen LogP contribution in [-0.4, -0.2) is 22.8 Å². The average Bonchev–Trinajstić information content (AvgIpc) is 2.28. The van der Waals surface area contributed by atoms with Gasteiger partial charge in [0.05, 0.1) is 11.0 Å². The van der Waals surface area contributed by atoms with Gasteiger partial charge < -0.3 is 9.84 Å². The second kappa shape index (κ2) is 5.60. The van der Waals surface area contributed by atoms with Crippen LogP contribution in [0.5, 0.6) is 0 Å². The minimum Gasteiger partial charge on any atom is -0.462 e. The van der Waals surface area contributed by atoms with Crippen LogP contribution in [0.25, 0.3) is 0 Å². The predicted octanol–water partition coefficient (Wildman–Crippen LogP) is 3.30. The Hall–Kier alpha value is -0.570. The molecular weight excluding hydrogens is 228 g/mol. The van der Waals surface area contributed by atoms with E-state index >= 15 is 0 Å². The maximum Gasteiger partial charge on any atom is 0.311 e. The van der Waals surface area contributed by atoms with Crippen LogP contribution in [0.3, 0.4) is 0 Å². The summed E-state index contributed by atoms with van der Waals surface area (Å²) in [6, 6.07) is 0. The SMILES string of the molecule is CCC(C)(C)C(=O)OC1CCCC(C(C)(C)O)C1. The number of rotatable bonds is 4. The molecule has 0 bridgehead atoms. The largest absolute Gasteiger partial charge is 0.462 e. The standard InChI is InChI=1S/C15H28O3/c1-6-14(2,3)13(16)18-12-9-7-8-11(10-12)15(4,5)17/h11-12,17H,6-10H2,1-5H3. The zero-order valence-electron chi connectivity index (χ0n) is 12.5. The van der Waals surface area contributed by atoms with Crippen LogP contribution in [0.4, 0.5) is 0 Å². The molecule has 0 aromatic heterocycles. The number of carbonyl (C=O) groups is 1. The van der Waals surface area contributed by atoms with E-state index in [1.165, 1.54) is 0 Å². The molecule has 1 fully saturated rings. The molecule has 0 aromatic rings. The normalized spacial score (nSPS) is 25.9. The van der Waals surface area contributed by atoms with E-state index in [-0.39, 0.29) is 18.0 Å². The molecule has 0 heterocycles. The van der Waals surface area contributed by atoms with Crippen molar-refractivity contribution in [3.8, 4) is 0 Å². The van der Waals surface area contributed by atoms with Crippen molar-refractivity contribution in [2.75, 3.05) is 0 Å². The van der Waals surface area contributed by atoms with E-state index in [2.05, 4.69) is 0 Å². The van der Waals surface area contributed by atoms with E-state index in [1.807, 2.05) is 34.6 Å². The first-order valence-electron chi connectivity index (χ1n) is 7.10. The van der Waals surface area contributed by atoms with E-state index < -0.39 is 11.0 Å². The number of hydrogen-bond acceptors (Lipinski definition) is 3. The second-order valence-electron chi connectivity index (χ2n) is 6.78. The van der Waals surface area contributed by atoms with Gasteiger partial charge in [0.25, 0.3) is 0 Å². The number of hydrogen-bond donors (Lipinski definition) is 1. The van der Waals surface area contributed by atoms with E-state index in [9.17, 15) is 9.90 Å². The molecule has 3 heteroatoms. The van der Waals surface area contributed by atoms with Crippen molar-refractivity contribution in [3.63, 3.8) is 0 Å². The summed E-state index contributed by atoms with van der Waals surface area (Å²) >= 11 is 0. The number of esters is 1. The number of carbonyl (C=O) groups excluding carboxylic acids is 1. The Bertz CT molecular complexity index is 289. The van der Waals surface area contributed by atoms with Crippen molar-refractivity contribution < 1.29 is 14.6 Å². The summed E-state index contributed by atoms with van der Waals surface area (Å²) in [6.07, 6.45) is 4.53. The fourth-order valence-electron chi connectivity index (χ4n) is 2.35. The molecule has 0 amide bonds. The maximum atomic E-state index is 12.0. The Morgan fingerprint density at radius 2 is 1.89 bits per heavy atom. The Morgan fingerprint density at radius 3 is 2.39 bits per heavy atom. The zero-order chi connectivity index (χ0) is 14.0. The summed E-state index contributed by atoms with van der Waals surface area (Å²) in [4.78, 5) is 12.0. The summed E-state index contributed by atoms with van der Waals surface area (Å²) in [5, 5.41) is 10.1. The minimum absolute atomic E-state index is 0.0199. The summed E-state index contributed by atoms with van der Waals surface area (Å²) in [5.41, 5.74) is -1.08.